The monoisotopic (exact) mass is 402 g/mol. The average molecular weight is 402 g/mol. The third-order valence-electron chi connectivity index (χ3n) is 5.80. The number of hydrogen-bond donors (Lipinski definition) is 4. The number of ether oxygens (including phenoxy) is 4. The van der Waals surface area contributed by atoms with Crippen molar-refractivity contribution in [3.8, 4) is 0 Å². The second kappa shape index (κ2) is 7.69. The summed E-state index contributed by atoms with van der Waals surface area (Å²) in [5.41, 5.74) is -2.47. The number of rotatable bonds is 4. The van der Waals surface area contributed by atoms with E-state index < -0.39 is 66.2 Å². The maximum atomic E-state index is 12.5. The summed E-state index contributed by atoms with van der Waals surface area (Å²) in [7, 11) is 1.12. The number of carbonyl (C=O) groups is 2. The summed E-state index contributed by atoms with van der Waals surface area (Å²) in [4.78, 5) is 24.5. The first-order valence-corrected chi connectivity index (χ1v) is 9.21. The van der Waals surface area contributed by atoms with Crippen LogP contribution in [-0.2, 0) is 28.5 Å². The van der Waals surface area contributed by atoms with Gasteiger partial charge in [-0.3, -0.25) is 4.79 Å². The Kier molecular flexibility index (Phi) is 5.81. The van der Waals surface area contributed by atoms with Crippen molar-refractivity contribution < 1.29 is 49.0 Å². The van der Waals surface area contributed by atoms with Gasteiger partial charge in [0.15, 0.2) is 17.7 Å². The molecular formula is C18H26O10. The van der Waals surface area contributed by atoms with E-state index in [9.17, 15) is 30.0 Å². The van der Waals surface area contributed by atoms with Gasteiger partial charge in [-0.15, -0.1) is 0 Å². The zero-order chi connectivity index (χ0) is 20.8. The molecule has 9 atom stereocenters. The van der Waals surface area contributed by atoms with Gasteiger partial charge in [-0.1, -0.05) is 13.8 Å². The van der Waals surface area contributed by atoms with Crippen LogP contribution in [0.1, 0.15) is 26.7 Å². The van der Waals surface area contributed by atoms with Gasteiger partial charge < -0.3 is 39.4 Å². The maximum absolute atomic E-state index is 12.5. The number of aliphatic hydroxyl groups excluding tert-OH is 3. The van der Waals surface area contributed by atoms with E-state index in [2.05, 4.69) is 4.74 Å². The molecule has 28 heavy (non-hydrogen) atoms. The molecule has 1 saturated carbocycles. The summed E-state index contributed by atoms with van der Waals surface area (Å²) in [6, 6.07) is 0. The quantitative estimate of drug-likeness (QED) is 0.413. The molecule has 0 aromatic heterocycles. The highest BCUT2D eigenvalue weighted by Crippen LogP contribution is 2.48. The number of hydrogen-bond acceptors (Lipinski definition) is 10. The van der Waals surface area contributed by atoms with Crippen LogP contribution in [0.4, 0.5) is 0 Å². The summed E-state index contributed by atoms with van der Waals surface area (Å²) < 4.78 is 21.3. The number of fused-ring (bicyclic) bond motifs is 1. The molecule has 2 heterocycles. The zero-order valence-electron chi connectivity index (χ0n) is 15.8. The first-order valence-electron chi connectivity index (χ1n) is 9.21. The molecule has 2 fully saturated rings. The average Bonchev–Trinajstić information content (AvgIpc) is 2.91. The van der Waals surface area contributed by atoms with E-state index in [-0.39, 0.29) is 12.0 Å². The van der Waals surface area contributed by atoms with Crippen LogP contribution in [0.3, 0.4) is 0 Å². The Labute approximate surface area is 161 Å². The highest BCUT2D eigenvalue weighted by atomic mass is 16.8. The zero-order valence-corrected chi connectivity index (χ0v) is 15.8. The van der Waals surface area contributed by atoms with E-state index in [4.69, 9.17) is 14.2 Å². The van der Waals surface area contributed by atoms with Crippen LogP contribution < -0.4 is 0 Å². The first-order chi connectivity index (χ1) is 13.2. The molecule has 4 N–H and O–H groups in total. The van der Waals surface area contributed by atoms with Crippen LogP contribution in [0.5, 0.6) is 0 Å². The lowest BCUT2D eigenvalue weighted by Gasteiger charge is -2.44. The lowest BCUT2D eigenvalue weighted by Crippen LogP contribution is -2.60. The Hall–Kier alpha value is -1.56. The minimum Gasteiger partial charge on any atom is -0.471 e. The van der Waals surface area contributed by atoms with Crippen molar-refractivity contribution in [2.45, 2.75) is 69.3 Å². The predicted octanol–water partition coefficient (Wildman–Crippen LogP) is -1.41. The largest absolute Gasteiger partial charge is 0.471 e. The Morgan fingerprint density at radius 3 is 2.54 bits per heavy atom. The fourth-order valence-electron chi connectivity index (χ4n) is 4.21. The molecule has 2 aliphatic heterocycles. The summed E-state index contributed by atoms with van der Waals surface area (Å²) in [6.45, 7) is 3.43. The van der Waals surface area contributed by atoms with E-state index in [1.807, 2.05) is 0 Å². The molecule has 1 saturated heterocycles. The smallest absolute Gasteiger partial charge is 0.340 e. The maximum Gasteiger partial charge on any atom is 0.340 e. The molecule has 10 nitrogen and oxygen atoms in total. The lowest BCUT2D eigenvalue weighted by atomic mass is 9.79. The van der Waals surface area contributed by atoms with Crippen molar-refractivity contribution in [1.29, 1.82) is 0 Å². The Morgan fingerprint density at radius 2 is 1.93 bits per heavy atom. The highest BCUT2D eigenvalue weighted by Gasteiger charge is 2.63. The number of aliphatic hydroxyl groups is 4. The minimum absolute atomic E-state index is 0.00821. The molecule has 3 aliphatic rings. The van der Waals surface area contributed by atoms with Gasteiger partial charge >= 0.3 is 5.97 Å². The minimum atomic E-state index is -2.16. The topological polar surface area (TPSA) is 152 Å². The van der Waals surface area contributed by atoms with Crippen molar-refractivity contribution in [3.63, 3.8) is 0 Å². The summed E-state index contributed by atoms with van der Waals surface area (Å²) >= 11 is 0. The van der Waals surface area contributed by atoms with Gasteiger partial charge in [0.2, 0.25) is 6.29 Å². The Balaban J connectivity index is 1.88. The van der Waals surface area contributed by atoms with Gasteiger partial charge in [0.05, 0.1) is 19.1 Å². The normalized spacial score (nSPS) is 45.8. The molecule has 0 radical (unpaired) electrons. The van der Waals surface area contributed by atoms with E-state index in [0.717, 1.165) is 13.4 Å². The number of carbonyl (C=O) groups excluding carboxylic acids is 2. The molecular weight excluding hydrogens is 376 g/mol. The Bertz CT molecular complexity index is 661. The standard InChI is InChI=1S/C18H26O10/c1-4-9-12(20)13(21)14(22)17(27-9)28-16-11-7(2)5-10(19)18(11,24)8(6-26-16)15(23)25-3/h6-7,9,11-14,16-17,20-22,24H,4-5H2,1-3H3/t7-,9+,11?,12+,13-,14+,16-,17-,18-/m0/s1. The molecule has 3 rings (SSSR count). The van der Waals surface area contributed by atoms with Crippen LogP contribution in [0, 0.1) is 11.8 Å². The van der Waals surface area contributed by atoms with Crippen molar-refractivity contribution >= 4 is 11.8 Å². The van der Waals surface area contributed by atoms with Gasteiger partial charge in [0, 0.05) is 6.42 Å². The van der Waals surface area contributed by atoms with Crippen LogP contribution in [0.2, 0.25) is 0 Å². The summed E-state index contributed by atoms with van der Waals surface area (Å²) in [5, 5.41) is 41.3. The van der Waals surface area contributed by atoms with Crippen molar-refractivity contribution in [2.75, 3.05) is 7.11 Å². The molecule has 0 spiro atoms. The van der Waals surface area contributed by atoms with Crippen LogP contribution in [0.25, 0.3) is 0 Å². The SMILES string of the molecule is CC[C@H]1O[C@@H](O[C@@H]2OC=C(C(=O)OC)[C@]3(O)C(=O)C[C@H](C)C23)[C@H](O)[C@@H](O)[C@@H]1O. The first kappa shape index (κ1) is 21.2. The second-order valence-electron chi connectivity index (χ2n) is 7.48. The molecule has 0 aromatic rings. The molecule has 0 aromatic carbocycles. The van der Waals surface area contributed by atoms with Crippen molar-refractivity contribution in [1.82, 2.24) is 0 Å². The van der Waals surface area contributed by atoms with Gasteiger partial charge in [-0.2, -0.15) is 0 Å². The van der Waals surface area contributed by atoms with Crippen molar-refractivity contribution in [3.05, 3.63) is 11.8 Å². The van der Waals surface area contributed by atoms with Crippen LogP contribution >= 0.6 is 0 Å². The molecule has 0 amide bonds. The van der Waals surface area contributed by atoms with Crippen LogP contribution in [0.15, 0.2) is 11.8 Å². The van der Waals surface area contributed by atoms with Gasteiger partial charge in [-0.05, 0) is 12.3 Å². The van der Waals surface area contributed by atoms with E-state index in [1.54, 1.807) is 13.8 Å². The molecule has 10 heteroatoms. The van der Waals surface area contributed by atoms with E-state index in [1.165, 1.54) is 0 Å². The summed E-state index contributed by atoms with van der Waals surface area (Å²) in [6.07, 6.45) is -6.50. The molecule has 1 unspecified atom stereocenters. The second-order valence-corrected chi connectivity index (χ2v) is 7.48. The predicted molar refractivity (Wildman–Crippen MR) is 90.3 cm³/mol. The summed E-state index contributed by atoms with van der Waals surface area (Å²) in [5.74, 6) is -2.83. The van der Waals surface area contributed by atoms with Crippen molar-refractivity contribution in [2.24, 2.45) is 11.8 Å². The Morgan fingerprint density at radius 1 is 1.25 bits per heavy atom. The van der Waals surface area contributed by atoms with Gasteiger partial charge in [0.25, 0.3) is 0 Å². The molecule has 0 bridgehead atoms. The van der Waals surface area contributed by atoms with E-state index >= 15 is 0 Å². The third-order valence-corrected chi connectivity index (χ3v) is 5.80. The van der Waals surface area contributed by atoms with Gasteiger partial charge in [0.1, 0.15) is 30.1 Å². The van der Waals surface area contributed by atoms with Crippen LogP contribution in [-0.4, -0.2) is 81.9 Å². The highest BCUT2D eigenvalue weighted by molar-refractivity contribution is 6.04. The third kappa shape index (κ3) is 3.14. The fourth-order valence-corrected chi connectivity index (χ4v) is 4.21. The molecule has 158 valence electrons. The lowest BCUT2D eigenvalue weighted by molar-refractivity contribution is -0.343. The number of ketones is 1. The van der Waals surface area contributed by atoms with E-state index in [0.29, 0.717) is 6.42 Å². The molecule has 1 aliphatic carbocycles. The number of Topliss-reactive ketones (excluding diaryl/α,β-unsaturated/α-hetero) is 1. The number of methoxy groups -OCH3 is 1. The van der Waals surface area contributed by atoms with Gasteiger partial charge in [-0.25, -0.2) is 4.79 Å². The number of esters is 1. The fraction of sp³-hybridized carbons (Fsp3) is 0.778.